The van der Waals surface area contributed by atoms with Crippen LogP contribution in [-0.4, -0.2) is 5.16 Å². The third kappa shape index (κ3) is 1.43. The van der Waals surface area contributed by atoms with E-state index >= 15 is 0 Å². The minimum absolute atomic E-state index is 0.503. The number of rotatable bonds is 2. The summed E-state index contributed by atoms with van der Waals surface area (Å²) in [5, 5.41) is 4.17. The fraction of sp³-hybridized carbons (Fsp3) is 0.800. The number of hydrogen-bond acceptors (Lipinski definition) is 3. The molecule has 3 heteroatoms. The highest BCUT2D eigenvalue weighted by Gasteiger charge is 2.50. The zero-order valence-electron chi connectivity index (χ0n) is 11.1. The standard InChI is InChI=1S/C15H22N2O/c1-8-13(7-16)17-18-15(8)14-11-3-9-2-10(5-11)6-12(14)4-9/h9-12,14H,2-7,16H2,1H3. The molecule has 4 aliphatic carbocycles. The molecule has 0 atom stereocenters. The van der Waals surface area contributed by atoms with Gasteiger partial charge in [0, 0.05) is 18.0 Å². The van der Waals surface area contributed by atoms with Gasteiger partial charge in [0.25, 0.3) is 0 Å². The second-order valence-corrected chi connectivity index (χ2v) is 6.78. The van der Waals surface area contributed by atoms with E-state index < -0.39 is 0 Å². The maximum absolute atomic E-state index is 5.72. The zero-order valence-corrected chi connectivity index (χ0v) is 11.1. The van der Waals surface area contributed by atoms with Gasteiger partial charge < -0.3 is 10.3 Å². The quantitative estimate of drug-likeness (QED) is 0.872. The van der Waals surface area contributed by atoms with E-state index in [0.717, 1.165) is 29.4 Å². The van der Waals surface area contributed by atoms with Crippen LogP contribution in [0.25, 0.3) is 0 Å². The van der Waals surface area contributed by atoms with E-state index in [1.54, 1.807) is 0 Å². The van der Waals surface area contributed by atoms with Crippen molar-refractivity contribution >= 4 is 0 Å². The van der Waals surface area contributed by atoms with Crippen LogP contribution in [0.3, 0.4) is 0 Å². The maximum Gasteiger partial charge on any atom is 0.143 e. The molecule has 0 aliphatic heterocycles. The molecular weight excluding hydrogens is 224 g/mol. The fourth-order valence-electron chi connectivity index (χ4n) is 5.24. The van der Waals surface area contributed by atoms with Crippen molar-refractivity contribution in [1.82, 2.24) is 5.16 Å². The molecule has 0 saturated heterocycles. The first-order chi connectivity index (χ1) is 8.76. The molecular formula is C15H22N2O. The van der Waals surface area contributed by atoms with Crippen LogP contribution < -0.4 is 5.73 Å². The molecule has 0 unspecified atom stereocenters. The molecule has 98 valence electrons. The summed E-state index contributed by atoms with van der Waals surface area (Å²) in [5.41, 5.74) is 7.90. The lowest BCUT2D eigenvalue weighted by Gasteiger charge is -2.53. The SMILES string of the molecule is Cc1c(CN)noc1C1C2CC3CC(C2)CC1C3. The monoisotopic (exact) mass is 246 g/mol. The summed E-state index contributed by atoms with van der Waals surface area (Å²) in [4.78, 5) is 0. The van der Waals surface area contributed by atoms with E-state index in [-0.39, 0.29) is 0 Å². The van der Waals surface area contributed by atoms with Crippen molar-refractivity contribution in [2.75, 3.05) is 0 Å². The molecule has 1 aromatic rings. The second kappa shape index (κ2) is 3.83. The molecule has 4 aliphatic rings. The molecule has 1 aromatic heterocycles. The first kappa shape index (κ1) is 11.0. The summed E-state index contributed by atoms with van der Waals surface area (Å²) < 4.78 is 5.68. The zero-order chi connectivity index (χ0) is 12.3. The molecule has 3 nitrogen and oxygen atoms in total. The van der Waals surface area contributed by atoms with E-state index in [9.17, 15) is 0 Å². The predicted molar refractivity (Wildman–Crippen MR) is 68.9 cm³/mol. The van der Waals surface area contributed by atoms with Crippen LogP contribution in [0.5, 0.6) is 0 Å². The third-order valence-corrected chi connectivity index (χ3v) is 5.78. The van der Waals surface area contributed by atoms with Gasteiger partial charge in [-0.05, 0) is 62.7 Å². The Morgan fingerprint density at radius 3 is 2.22 bits per heavy atom. The van der Waals surface area contributed by atoms with Crippen molar-refractivity contribution in [2.24, 2.45) is 29.4 Å². The molecule has 1 heterocycles. The molecule has 4 bridgehead atoms. The largest absolute Gasteiger partial charge is 0.360 e. The lowest BCUT2D eigenvalue weighted by atomic mass is 9.51. The Morgan fingerprint density at radius 1 is 1.11 bits per heavy atom. The van der Waals surface area contributed by atoms with E-state index in [1.807, 2.05) is 0 Å². The molecule has 0 radical (unpaired) electrons. The third-order valence-electron chi connectivity index (χ3n) is 5.78. The number of nitrogens with two attached hydrogens (primary N) is 1. The minimum atomic E-state index is 0.503. The maximum atomic E-state index is 5.72. The highest BCUT2D eigenvalue weighted by atomic mass is 16.5. The average Bonchev–Trinajstić information content (AvgIpc) is 2.70. The van der Waals surface area contributed by atoms with Gasteiger partial charge in [-0.25, -0.2) is 0 Å². The molecule has 2 N–H and O–H groups in total. The van der Waals surface area contributed by atoms with E-state index in [4.69, 9.17) is 10.3 Å². The van der Waals surface area contributed by atoms with Gasteiger partial charge in [0.15, 0.2) is 0 Å². The van der Waals surface area contributed by atoms with Crippen LogP contribution in [0.1, 0.15) is 55.0 Å². The van der Waals surface area contributed by atoms with Crippen molar-refractivity contribution < 1.29 is 4.52 Å². The van der Waals surface area contributed by atoms with Crippen molar-refractivity contribution in [3.05, 3.63) is 17.0 Å². The molecule has 0 spiro atoms. The van der Waals surface area contributed by atoms with Crippen LogP contribution in [0.4, 0.5) is 0 Å². The van der Waals surface area contributed by atoms with Gasteiger partial charge in [-0.15, -0.1) is 0 Å². The lowest BCUT2D eigenvalue weighted by molar-refractivity contribution is -0.0116. The Morgan fingerprint density at radius 2 is 1.72 bits per heavy atom. The number of nitrogens with zero attached hydrogens (tertiary/aromatic N) is 1. The van der Waals surface area contributed by atoms with Crippen molar-refractivity contribution in [3.63, 3.8) is 0 Å². The normalized spacial score (nSPS) is 41.6. The van der Waals surface area contributed by atoms with E-state index in [0.29, 0.717) is 12.5 Å². The minimum Gasteiger partial charge on any atom is -0.360 e. The molecule has 0 amide bonds. The van der Waals surface area contributed by atoms with Gasteiger partial charge in [-0.2, -0.15) is 0 Å². The summed E-state index contributed by atoms with van der Waals surface area (Å²) in [7, 11) is 0. The molecule has 0 aromatic carbocycles. The summed E-state index contributed by atoms with van der Waals surface area (Å²) >= 11 is 0. The van der Waals surface area contributed by atoms with Crippen molar-refractivity contribution in [3.8, 4) is 0 Å². The Hall–Kier alpha value is -0.830. The Labute approximate surface area is 108 Å². The predicted octanol–water partition coefficient (Wildman–Crippen LogP) is 2.98. The van der Waals surface area contributed by atoms with Crippen molar-refractivity contribution in [2.45, 2.75) is 51.5 Å². The first-order valence-electron chi connectivity index (χ1n) is 7.41. The molecule has 4 fully saturated rings. The molecule has 18 heavy (non-hydrogen) atoms. The van der Waals surface area contributed by atoms with Gasteiger partial charge in [0.1, 0.15) is 11.5 Å². The summed E-state index contributed by atoms with van der Waals surface area (Å²) in [6.45, 7) is 2.64. The Kier molecular flexibility index (Phi) is 2.35. The van der Waals surface area contributed by atoms with E-state index in [2.05, 4.69) is 12.1 Å². The van der Waals surface area contributed by atoms with Gasteiger partial charge in [0.2, 0.25) is 0 Å². The van der Waals surface area contributed by atoms with Gasteiger partial charge in [-0.1, -0.05) is 5.16 Å². The van der Waals surface area contributed by atoms with Crippen LogP contribution in [0, 0.1) is 30.6 Å². The fourth-order valence-corrected chi connectivity index (χ4v) is 5.24. The summed E-state index contributed by atoms with van der Waals surface area (Å²) in [6.07, 6.45) is 7.21. The van der Waals surface area contributed by atoms with Crippen LogP contribution in [0.2, 0.25) is 0 Å². The van der Waals surface area contributed by atoms with Crippen LogP contribution in [0.15, 0.2) is 4.52 Å². The Bertz CT molecular complexity index is 437. The molecule has 5 rings (SSSR count). The smallest absolute Gasteiger partial charge is 0.143 e. The average molecular weight is 246 g/mol. The molecule has 4 saturated carbocycles. The van der Waals surface area contributed by atoms with Crippen LogP contribution >= 0.6 is 0 Å². The van der Waals surface area contributed by atoms with Gasteiger partial charge in [-0.3, -0.25) is 0 Å². The summed E-state index contributed by atoms with van der Waals surface area (Å²) in [6, 6.07) is 0. The highest BCUT2D eigenvalue weighted by molar-refractivity contribution is 5.27. The lowest BCUT2D eigenvalue weighted by Crippen LogP contribution is -2.43. The topological polar surface area (TPSA) is 52.0 Å². The van der Waals surface area contributed by atoms with Gasteiger partial charge in [0.05, 0.1) is 0 Å². The number of hydrogen-bond donors (Lipinski definition) is 1. The second-order valence-electron chi connectivity index (χ2n) is 6.78. The first-order valence-corrected chi connectivity index (χ1v) is 7.41. The summed E-state index contributed by atoms with van der Waals surface area (Å²) in [5.74, 6) is 5.56. The van der Waals surface area contributed by atoms with Gasteiger partial charge >= 0.3 is 0 Å². The highest BCUT2D eigenvalue weighted by Crippen LogP contribution is 2.60. The number of aromatic nitrogens is 1. The Balaban J connectivity index is 1.70. The van der Waals surface area contributed by atoms with Crippen LogP contribution in [-0.2, 0) is 6.54 Å². The van der Waals surface area contributed by atoms with Crippen molar-refractivity contribution in [1.29, 1.82) is 0 Å². The van der Waals surface area contributed by atoms with E-state index in [1.165, 1.54) is 43.4 Å².